The van der Waals surface area contributed by atoms with Crippen LogP contribution >= 0.6 is 0 Å². The predicted molar refractivity (Wildman–Crippen MR) is 265 cm³/mol. The van der Waals surface area contributed by atoms with Crippen LogP contribution in [0.15, 0.2) is 114 Å². The lowest BCUT2D eigenvalue weighted by atomic mass is 9.44. The second-order valence-corrected chi connectivity index (χ2v) is 20.5. The third-order valence-electron chi connectivity index (χ3n) is 15.5. The molecule has 1 aliphatic heterocycles. The van der Waals surface area contributed by atoms with Crippen molar-refractivity contribution in [1.82, 2.24) is 10.0 Å². The van der Waals surface area contributed by atoms with Crippen LogP contribution in [0.4, 0.5) is 0 Å². The molecule has 4 aliphatic rings. The summed E-state index contributed by atoms with van der Waals surface area (Å²) in [4.78, 5) is 118. The van der Waals surface area contributed by atoms with Crippen molar-refractivity contribution in [2.45, 2.75) is 128 Å². The summed E-state index contributed by atoms with van der Waals surface area (Å²) in [6, 6.07) is 24.2. The van der Waals surface area contributed by atoms with E-state index in [1.54, 1.807) is 66.7 Å². The van der Waals surface area contributed by atoms with Crippen LogP contribution in [-0.4, -0.2) is 127 Å². The molecule has 0 radical (unpaired) electrons. The second-order valence-electron chi connectivity index (χ2n) is 20.5. The smallest absolute Gasteiger partial charge is 0.350 e. The number of amides is 1. The van der Waals surface area contributed by atoms with Gasteiger partial charge in [-0.05, 0) is 61.2 Å². The summed E-state index contributed by atoms with van der Waals surface area (Å²) in [6.07, 6.45) is -12.5. The van der Waals surface area contributed by atoms with Crippen molar-refractivity contribution < 1.29 is 92.0 Å². The van der Waals surface area contributed by atoms with Crippen LogP contribution in [0.2, 0.25) is 0 Å². The Balaban J connectivity index is 1.24. The van der Waals surface area contributed by atoms with Gasteiger partial charge in [0.2, 0.25) is 17.9 Å². The fraction of sp³-hybridized carbons (Fsp3) is 0.429. The Morgan fingerprint density at radius 2 is 1.36 bits per heavy atom. The molecule has 1 amide bonds. The van der Waals surface area contributed by atoms with Crippen LogP contribution in [0.5, 0.6) is 11.8 Å². The fourth-order valence-electron chi connectivity index (χ4n) is 11.5. The van der Waals surface area contributed by atoms with Crippen molar-refractivity contribution in [2.75, 3.05) is 6.61 Å². The first kappa shape index (κ1) is 55.4. The maximum atomic E-state index is 15.8. The number of carbonyl (C=O) groups excluding carboxylic acids is 8. The number of esters is 5. The number of hydrogen-bond donors (Lipinski definition) is 5. The number of hydrogen-bond acceptors (Lipinski definition) is 19. The molecule has 0 spiro atoms. The number of nitrogens with zero attached hydrogens (tertiary/aromatic N) is 1. The highest BCUT2D eigenvalue weighted by molar-refractivity contribution is 5.96. The number of aliphatic hydroxyl groups is 2. The van der Waals surface area contributed by atoms with E-state index in [-0.39, 0.29) is 47.3 Å². The lowest BCUT2D eigenvalue weighted by Crippen LogP contribution is -2.82. The molecule has 408 valence electrons. The van der Waals surface area contributed by atoms with E-state index in [9.17, 15) is 49.2 Å². The molecule has 77 heavy (non-hydrogen) atoms. The summed E-state index contributed by atoms with van der Waals surface area (Å²) < 4.78 is 37.2. The molecule has 21 nitrogen and oxygen atoms in total. The van der Waals surface area contributed by atoms with E-state index >= 15 is 9.59 Å². The average molecular weight is 1070 g/mol. The van der Waals surface area contributed by atoms with Crippen LogP contribution in [0.25, 0.3) is 0 Å². The number of benzene rings is 3. The zero-order valence-electron chi connectivity index (χ0n) is 43.0. The van der Waals surface area contributed by atoms with Gasteiger partial charge in [0.15, 0.2) is 17.5 Å². The Morgan fingerprint density at radius 1 is 0.779 bits per heavy atom. The van der Waals surface area contributed by atoms with Crippen molar-refractivity contribution in [2.24, 2.45) is 16.7 Å². The second kappa shape index (κ2) is 21.6. The van der Waals surface area contributed by atoms with Gasteiger partial charge in [0.25, 0.3) is 5.91 Å². The lowest BCUT2D eigenvalue weighted by molar-refractivity contribution is -0.346. The average Bonchev–Trinajstić information content (AvgIpc) is 3.88. The standard InChI is InChI=1S/C56H60N2O19/c1-30-36(73-52(69)46(74-41(64)23-16-24-42(65)77-58-39(62)25-26-40(58)63)44(33-17-10-7-11-18-33)57-50(67)34-19-12-8-13-20-34)28-56(70)49(75-51(68)35-21-14-9-15-22-35)47-54(6,37(61)27-38-55(47,29-71-38)76-32(3)60)48(66)45(72-31(2)59)43(30)53(56,4)5/h7-15,17-22,25-26,36-38,44-47,49,61-63,70H,16,23-24,27-29H2,1-6H3,(H,57,67)/t36-,37-,38+,44-,45+,46+,47-,49-,54+,55-,56+/m0/s1. The number of rotatable bonds is 16. The topological polar surface area (TPSA) is 299 Å². The molecule has 3 aromatic carbocycles. The van der Waals surface area contributed by atoms with E-state index < -0.39 is 149 Å². The zero-order chi connectivity index (χ0) is 55.8. The van der Waals surface area contributed by atoms with E-state index in [4.69, 9.17) is 33.3 Å². The van der Waals surface area contributed by atoms with Gasteiger partial charge in [-0.25, -0.2) is 14.4 Å². The van der Waals surface area contributed by atoms with E-state index in [1.807, 2.05) is 0 Å². The Labute approximate surface area is 441 Å². The summed E-state index contributed by atoms with van der Waals surface area (Å²) in [6.45, 7) is 7.65. The molecular weight excluding hydrogens is 1000 g/mol. The monoisotopic (exact) mass is 1060 g/mol. The van der Waals surface area contributed by atoms with Gasteiger partial charge in [-0.1, -0.05) is 80.6 Å². The summed E-state index contributed by atoms with van der Waals surface area (Å²) >= 11 is 0. The fourth-order valence-corrected chi connectivity index (χ4v) is 11.5. The van der Waals surface area contributed by atoms with Crippen molar-refractivity contribution in [3.05, 3.63) is 131 Å². The number of aliphatic hydroxyl groups excluding tert-OH is 1. The molecule has 5 N–H and O–H groups in total. The summed E-state index contributed by atoms with van der Waals surface area (Å²) in [7, 11) is 0. The van der Waals surface area contributed by atoms with Gasteiger partial charge in [-0.3, -0.25) is 24.0 Å². The molecule has 2 saturated carbocycles. The quantitative estimate of drug-likeness (QED) is 0.0593. The number of carbonyl (C=O) groups is 8. The molecule has 2 bridgehead atoms. The molecule has 21 heteroatoms. The summed E-state index contributed by atoms with van der Waals surface area (Å²) in [5, 5.41) is 48.8. The molecule has 3 fully saturated rings. The lowest BCUT2D eigenvalue weighted by Gasteiger charge is -2.67. The Bertz CT molecular complexity index is 2960. The van der Waals surface area contributed by atoms with Gasteiger partial charge in [0.05, 0.1) is 29.6 Å². The first-order valence-corrected chi connectivity index (χ1v) is 25.0. The number of ketones is 1. The van der Waals surface area contributed by atoms with Crippen LogP contribution < -0.4 is 10.2 Å². The predicted octanol–water partition coefficient (Wildman–Crippen LogP) is 4.33. The van der Waals surface area contributed by atoms with Crippen LogP contribution in [-0.2, 0) is 57.2 Å². The molecule has 1 aromatic heterocycles. The highest BCUT2D eigenvalue weighted by Crippen LogP contribution is 2.64. The third-order valence-corrected chi connectivity index (χ3v) is 15.5. The van der Waals surface area contributed by atoms with Gasteiger partial charge < -0.3 is 59.0 Å². The molecule has 8 rings (SSSR count). The van der Waals surface area contributed by atoms with Gasteiger partial charge in [0, 0.05) is 62.6 Å². The minimum absolute atomic E-state index is 0.0115. The van der Waals surface area contributed by atoms with E-state index in [2.05, 4.69) is 5.32 Å². The maximum absolute atomic E-state index is 15.8. The Morgan fingerprint density at radius 3 is 1.94 bits per heavy atom. The van der Waals surface area contributed by atoms with Crippen LogP contribution in [0, 0.1) is 16.7 Å². The molecule has 11 atom stereocenters. The third kappa shape index (κ3) is 10.3. The largest absolute Gasteiger partial charge is 0.492 e. The number of nitrogens with one attached hydrogen (secondary N) is 1. The summed E-state index contributed by atoms with van der Waals surface area (Å²) in [5.41, 5.74) is -7.92. The van der Waals surface area contributed by atoms with Gasteiger partial charge in [-0.2, -0.15) is 0 Å². The number of aromatic nitrogens is 1. The number of aromatic hydroxyl groups is 2. The zero-order valence-corrected chi connectivity index (χ0v) is 43.0. The molecular formula is C56H60N2O19. The normalized spacial score (nSPS) is 27.8. The van der Waals surface area contributed by atoms with Crippen molar-refractivity contribution in [3.8, 4) is 11.8 Å². The van der Waals surface area contributed by atoms with Gasteiger partial charge >= 0.3 is 35.8 Å². The van der Waals surface area contributed by atoms with E-state index in [0.29, 0.717) is 4.73 Å². The first-order valence-electron chi connectivity index (χ1n) is 25.0. The van der Waals surface area contributed by atoms with E-state index in [0.717, 1.165) is 26.0 Å². The number of ether oxygens (including phenoxy) is 6. The number of Topliss-reactive ketones (excluding diaryl/α,β-unsaturated/α-hetero) is 1. The van der Waals surface area contributed by atoms with Crippen molar-refractivity contribution in [1.29, 1.82) is 0 Å². The van der Waals surface area contributed by atoms with Crippen molar-refractivity contribution >= 4 is 47.5 Å². The highest BCUT2D eigenvalue weighted by Gasteiger charge is 2.78. The van der Waals surface area contributed by atoms with Crippen LogP contribution in [0.1, 0.15) is 106 Å². The minimum Gasteiger partial charge on any atom is -0.492 e. The summed E-state index contributed by atoms with van der Waals surface area (Å²) in [5.74, 6) is -10.6. The SMILES string of the molecule is CC(=O)O[C@H]1C(=O)[C@@]2(C)[C@H]([C@H](OC(=O)c3ccccc3)[C@]3(O)C[C@H](OC(=O)[C@H](OC(=O)CCCC(=O)On4c(O)ccc4O)[C@@H](NC(=O)c4ccccc4)c4ccccc4)C(C)=C1C3(C)C)[C@]1(OC(C)=O)CO[C@@H]1C[C@@H]2O. The van der Waals surface area contributed by atoms with Gasteiger partial charge in [0.1, 0.15) is 30.0 Å². The van der Waals surface area contributed by atoms with Gasteiger partial charge in [-0.15, -0.1) is 4.73 Å². The Hall–Kier alpha value is -7.88. The Kier molecular flexibility index (Phi) is 15.5. The molecule has 2 heterocycles. The molecule has 0 unspecified atom stereocenters. The first-order chi connectivity index (χ1) is 36.4. The molecule has 4 aromatic rings. The van der Waals surface area contributed by atoms with Crippen LogP contribution in [0.3, 0.4) is 0 Å². The van der Waals surface area contributed by atoms with E-state index in [1.165, 1.54) is 52.0 Å². The maximum Gasteiger partial charge on any atom is 0.350 e. The highest BCUT2D eigenvalue weighted by atomic mass is 16.7. The molecule has 3 aliphatic carbocycles. The molecule has 1 saturated heterocycles. The van der Waals surface area contributed by atoms with Crippen molar-refractivity contribution in [3.63, 3.8) is 0 Å². The number of fused-ring (bicyclic) bond motifs is 5. The minimum atomic E-state index is -2.53.